The molecular weight excluding hydrogens is 226 g/mol. The van der Waals surface area contributed by atoms with E-state index < -0.39 is 5.97 Å². The van der Waals surface area contributed by atoms with Gasteiger partial charge in [0.15, 0.2) is 0 Å². The van der Waals surface area contributed by atoms with Crippen molar-refractivity contribution in [1.82, 2.24) is 20.3 Å². The molecule has 0 aliphatic heterocycles. The molecule has 0 atom stereocenters. The second kappa shape index (κ2) is 5.97. The van der Waals surface area contributed by atoms with Crippen LogP contribution < -0.4 is 11.4 Å². The van der Waals surface area contributed by atoms with E-state index in [0.29, 0.717) is 12.2 Å². The van der Waals surface area contributed by atoms with E-state index in [9.17, 15) is 9.59 Å². The SMILES string of the molecule is CN(C)C(=O)c1ccn(CCC(=O)ONN)n1. The van der Waals surface area contributed by atoms with Crippen molar-refractivity contribution in [2.45, 2.75) is 13.0 Å². The molecule has 1 amide bonds. The number of amides is 1. The second-order valence-corrected chi connectivity index (χ2v) is 3.51. The second-order valence-electron chi connectivity index (χ2n) is 3.51. The van der Waals surface area contributed by atoms with Gasteiger partial charge >= 0.3 is 5.97 Å². The van der Waals surface area contributed by atoms with Gasteiger partial charge in [-0.2, -0.15) is 5.10 Å². The topological polar surface area (TPSA) is 102 Å². The normalized spacial score (nSPS) is 10.1. The van der Waals surface area contributed by atoms with E-state index in [1.807, 2.05) is 0 Å². The average molecular weight is 241 g/mol. The molecule has 0 aliphatic rings. The van der Waals surface area contributed by atoms with Crippen molar-refractivity contribution in [2.24, 2.45) is 5.84 Å². The van der Waals surface area contributed by atoms with E-state index in [4.69, 9.17) is 5.84 Å². The molecule has 0 fully saturated rings. The quantitative estimate of drug-likeness (QED) is 0.501. The van der Waals surface area contributed by atoms with Gasteiger partial charge < -0.3 is 9.74 Å². The van der Waals surface area contributed by atoms with Crippen LogP contribution in [0.3, 0.4) is 0 Å². The summed E-state index contributed by atoms with van der Waals surface area (Å²) in [4.78, 5) is 28.3. The Morgan fingerprint density at radius 3 is 2.88 bits per heavy atom. The Balaban J connectivity index is 2.51. The van der Waals surface area contributed by atoms with Crippen LogP contribution >= 0.6 is 0 Å². The van der Waals surface area contributed by atoms with E-state index in [2.05, 4.69) is 9.94 Å². The van der Waals surface area contributed by atoms with Crippen LogP contribution in [0.2, 0.25) is 0 Å². The number of carbonyl (C=O) groups excluding carboxylic acids is 2. The van der Waals surface area contributed by atoms with Crippen LogP contribution in [-0.2, 0) is 16.2 Å². The van der Waals surface area contributed by atoms with Crippen molar-refractivity contribution in [2.75, 3.05) is 14.1 Å². The number of hydrazine groups is 1. The molecule has 8 nitrogen and oxygen atoms in total. The number of nitrogens with zero attached hydrogens (tertiary/aromatic N) is 3. The van der Waals surface area contributed by atoms with Crippen molar-refractivity contribution in [3.63, 3.8) is 0 Å². The van der Waals surface area contributed by atoms with Gasteiger partial charge in [-0.3, -0.25) is 14.3 Å². The summed E-state index contributed by atoms with van der Waals surface area (Å²) in [5.74, 6) is 4.13. The third kappa shape index (κ3) is 3.85. The molecule has 0 aliphatic carbocycles. The highest BCUT2D eigenvalue weighted by atomic mass is 16.7. The molecule has 0 unspecified atom stereocenters. The lowest BCUT2D eigenvalue weighted by atomic mass is 10.4. The van der Waals surface area contributed by atoms with Crippen LogP contribution in [-0.4, -0.2) is 40.7 Å². The maximum atomic E-state index is 11.5. The number of aryl methyl sites for hydroxylation is 1. The lowest BCUT2D eigenvalue weighted by molar-refractivity contribution is -0.151. The maximum absolute atomic E-state index is 11.5. The Bertz CT molecular complexity index is 401. The Morgan fingerprint density at radius 1 is 1.59 bits per heavy atom. The third-order valence-corrected chi connectivity index (χ3v) is 1.98. The van der Waals surface area contributed by atoms with Crippen molar-refractivity contribution in [1.29, 1.82) is 0 Å². The summed E-state index contributed by atoms with van der Waals surface area (Å²) < 4.78 is 1.49. The molecule has 3 N–H and O–H groups in total. The lowest BCUT2D eigenvalue weighted by Crippen LogP contribution is -2.26. The number of nitrogens with two attached hydrogens (primary N) is 1. The van der Waals surface area contributed by atoms with Gasteiger partial charge in [0.05, 0.1) is 13.0 Å². The fourth-order valence-corrected chi connectivity index (χ4v) is 1.15. The molecule has 17 heavy (non-hydrogen) atoms. The number of rotatable bonds is 5. The minimum Gasteiger partial charge on any atom is -0.356 e. The highest BCUT2D eigenvalue weighted by molar-refractivity contribution is 5.91. The minimum absolute atomic E-state index is 0.113. The molecule has 1 heterocycles. The van der Waals surface area contributed by atoms with Gasteiger partial charge in [-0.25, -0.2) is 5.84 Å². The van der Waals surface area contributed by atoms with Crippen LogP contribution in [0, 0.1) is 0 Å². The van der Waals surface area contributed by atoms with E-state index >= 15 is 0 Å². The van der Waals surface area contributed by atoms with Gasteiger partial charge in [0.1, 0.15) is 5.69 Å². The first-order valence-corrected chi connectivity index (χ1v) is 4.95. The van der Waals surface area contributed by atoms with Crippen LogP contribution in [0.4, 0.5) is 0 Å². The van der Waals surface area contributed by atoms with Gasteiger partial charge in [-0.15, -0.1) is 0 Å². The number of hydrogen-bond acceptors (Lipinski definition) is 6. The van der Waals surface area contributed by atoms with E-state index in [-0.39, 0.29) is 12.3 Å². The molecule has 1 rings (SSSR count). The zero-order valence-electron chi connectivity index (χ0n) is 9.71. The first-order chi connectivity index (χ1) is 8.04. The monoisotopic (exact) mass is 241 g/mol. The number of nitrogens with one attached hydrogen (secondary N) is 1. The standard InChI is InChI=1S/C9H15N5O3/c1-13(2)9(16)7-3-5-14(11-7)6-4-8(15)17-12-10/h3,5,12H,4,6,10H2,1-2H3. The lowest BCUT2D eigenvalue weighted by Gasteiger charge is -2.06. The molecule has 0 saturated carbocycles. The first-order valence-electron chi connectivity index (χ1n) is 4.95. The Hall–Kier alpha value is -1.93. The smallest absolute Gasteiger partial charge is 0.328 e. The van der Waals surface area contributed by atoms with Gasteiger partial charge in [-0.1, -0.05) is 5.59 Å². The Kier molecular flexibility index (Phi) is 4.61. The summed E-state index contributed by atoms with van der Waals surface area (Å²) in [6, 6.07) is 1.59. The van der Waals surface area contributed by atoms with E-state index in [1.54, 1.807) is 31.9 Å². The van der Waals surface area contributed by atoms with Crippen LogP contribution in [0.5, 0.6) is 0 Å². The summed E-state index contributed by atoms with van der Waals surface area (Å²) in [5, 5.41) is 4.03. The molecule has 0 spiro atoms. The largest absolute Gasteiger partial charge is 0.356 e. The predicted octanol–water partition coefficient (Wildman–Crippen LogP) is -1.10. The zero-order valence-corrected chi connectivity index (χ0v) is 9.71. The number of aromatic nitrogens is 2. The van der Waals surface area contributed by atoms with Crippen molar-refractivity contribution >= 4 is 11.9 Å². The number of hydrogen-bond donors (Lipinski definition) is 2. The predicted molar refractivity (Wildman–Crippen MR) is 58.3 cm³/mol. The van der Waals surface area contributed by atoms with Gasteiger partial charge in [0.25, 0.3) is 5.91 Å². The maximum Gasteiger partial charge on any atom is 0.328 e. The molecule has 94 valence electrons. The van der Waals surface area contributed by atoms with Gasteiger partial charge in [-0.05, 0) is 6.07 Å². The Morgan fingerprint density at radius 2 is 2.29 bits per heavy atom. The zero-order chi connectivity index (χ0) is 12.8. The molecule has 0 saturated heterocycles. The summed E-state index contributed by atoms with van der Waals surface area (Å²) in [6.07, 6.45) is 1.74. The van der Waals surface area contributed by atoms with Crippen LogP contribution in [0.15, 0.2) is 12.3 Å². The summed E-state index contributed by atoms with van der Waals surface area (Å²) in [5.41, 5.74) is 2.14. The van der Waals surface area contributed by atoms with Crippen LogP contribution in [0.25, 0.3) is 0 Å². The first kappa shape index (κ1) is 13.1. The van der Waals surface area contributed by atoms with Crippen molar-refractivity contribution in [3.05, 3.63) is 18.0 Å². The van der Waals surface area contributed by atoms with Crippen molar-refractivity contribution < 1.29 is 14.4 Å². The minimum atomic E-state index is -0.497. The molecular formula is C9H15N5O3. The summed E-state index contributed by atoms with van der Waals surface area (Å²) in [6.45, 7) is 0.321. The Labute approximate surface area is 98.2 Å². The number of carbonyl (C=O) groups is 2. The molecule has 1 aromatic heterocycles. The third-order valence-electron chi connectivity index (χ3n) is 1.98. The highest BCUT2D eigenvalue weighted by Crippen LogP contribution is 2.00. The summed E-state index contributed by atoms with van der Waals surface area (Å²) in [7, 11) is 3.29. The van der Waals surface area contributed by atoms with Crippen molar-refractivity contribution in [3.8, 4) is 0 Å². The molecule has 0 radical (unpaired) electrons. The van der Waals surface area contributed by atoms with Crippen LogP contribution in [0.1, 0.15) is 16.9 Å². The fourth-order valence-electron chi connectivity index (χ4n) is 1.15. The molecule has 0 bridgehead atoms. The van der Waals surface area contributed by atoms with E-state index in [0.717, 1.165) is 0 Å². The molecule has 8 heteroatoms. The average Bonchev–Trinajstić information content (AvgIpc) is 2.74. The fraction of sp³-hybridized carbons (Fsp3) is 0.444. The summed E-state index contributed by atoms with van der Waals surface area (Å²) >= 11 is 0. The van der Waals surface area contributed by atoms with Gasteiger partial charge in [0.2, 0.25) is 0 Å². The molecule has 1 aromatic rings. The molecule has 0 aromatic carbocycles. The highest BCUT2D eigenvalue weighted by Gasteiger charge is 2.11. The van der Waals surface area contributed by atoms with Gasteiger partial charge in [0, 0.05) is 20.3 Å². The van der Waals surface area contributed by atoms with E-state index in [1.165, 1.54) is 9.58 Å².